The number of amides is 1. The number of carbonyl (C=O) groups is 1. The minimum atomic E-state index is -3.69. The number of sulfonamides is 1. The molecule has 2 N–H and O–H groups in total. The van der Waals surface area contributed by atoms with Crippen molar-refractivity contribution in [3.05, 3.63) is 53.6 Å². The van der Waals surface area contributed by atoms with E-state index in [1.807, 2.05) is 4.90 Å². The van der Waals surface area contributed by atoms with Crippen molar-refractivity contribution in [3.63, 3.8) is 0 Å². The molecule has 0 aromatic heterocycles. The van der Waals surface area contributed by atoms with Crippen LogP contribution in [0.1, 0.15) is 15.9 Å². The van der Waals surface area contributed by atoms with Crippen molar-refractivity contribution in [2.24, 2.45) is 0 Å². The van der Waals surface area contributed by atoms with Crippen molar-refractivity contribution >= 4 is 27.3 Å². The van der Waals surface area contributed by atoms with E-state index in [0.717, 1.165) is 4.31 Å². The normalized spacial score (nSPS) is 14.8. The maximum absolute atomic E-state index is 13.1. The molecule has 1 amide bonds. The van der Waals surface area contributed by atoms with Gasteiger partial charge in [-0.15, -0.1) is 0 Å². The topological polar surface area (TPSA) is 99.2 Å². The van der Waals surface area contributed by atoms with Crippen molar-refractivity contribution in [2.75, 3.05) is 50.6 Å². The quantitative estimate of drug-likeness (QED) is 0.737. The molecule has 1 saturated heterocycles. The molecule has 9 heteroatoms. The predicted octanol–water partition coefficient (Wildman–Crippen LogP) is 1.52. The lowest BCUT2D eigenvalue weighted by atomic mass is 10.1. The van der Waals surface area contributed by atoms with Gasteiger partial charge < -0.3 is 20.1 Å². The Hall–Kier alpha value is -2.46. The highest BCUT2D eigenvalue weighted by Gasteiger charge is 2.24. The first-order valence-electron chi connectivity index (χ1n) is 9.23. The van der Waals surface area contributed by atoms with Gasteiger partial charge in [-0.3, -0.25) is 4.79 Å². The second kappa shape index (κ2) is 8.91. The zero-order valence-corrected chi connectivity index (χ0v) is 17.3. The summed E-state index contributed by atoms with van der Waals surface area (Å²) in [5.41, 5.74) is 2.11. The average Bonchev–Trinajstić information content (AvgIpc) is 2.74. The van der Waals surface area contributed by atoms with Crippen molar-refractivity contribution in [3.8, 4) is 0 Å². The van der Waals surface area contributed by atoms with Crippen molar-refractivity contribution < 1.29 is 23.1 Å². The molecule has 8 nitrogen and oxygen atoms in total. The summed E-state index contributed by atoms with van der Waals surface area (Å²) < 4.78 is 31.6. The Labute approximate surface area is 170 Å². The van der Waals surface area contributed by atoms with Crippen LogP contribution < -0.4 is 10.2 Å². The van der Waals surface area contributed by atoms with Gasteiger partial charge in [0.25, 0.3) is 5.91 Å². The van der Waals surface area contributed by atoms with Crippen LogP contribution in [0.15, 0.2) is 47.4 Å². The highest BCUT2D eigenvalue weighted by molar-refractivity contribution is 7.89. The highest BCUT2D eigenvalue weighted by atomic mass is 32.2. The number of aliphatic hydroxyl groups is 1. The van der Waals surface area contributed by atoms with Gasteiger partial charge in [-0.1, -0.05) is 12.1 Å². The third-order valence-electron chi connectivity index (χ3n) is 4.71. The molecule has 0 spiro atoms. The van der Waals surface area contributed by atoms with E-state index in [1.165, 1.54) is 26.2 Å². The minimum absolute atomic E-state index is 0.0498. The summed E-state index contributed by atoms with van der Waals surface area (Å²) in [4.78, 5) is 15.1. The van der Waals surface area contributed by atoms with Crippen LogP contribution in [0.25, 0.3) is 0 Å². The molecule has 2 aromatic carbocycles. The Morgan fingerprint density at radius 2 is 1.90 bits per heavy atom. The third-order valence-corrected chi connectivity index (χ3v) is 6.52. The van der Waals surface area contributed by atoms with Crippen LogP contribution in [0.2, 0.25) is 0 Å². The van der Waals surface area contributed by atoms with Crippen LogP contribution in [0, 0.1) is 0 Å². The molecule has 0 saturated carbocycles. The van der Waals surface area contributed by atoms with E-state index >= 15 is 0 Å². The Bertz CT molecular complexity index is 985. The third kappa shape index (κ3) is 4.76. The largest absolute Gasteiger partial charge is 0.392 e. The van der Waals surface area contributed by atoms with Gasteiger partial charge in [0, 0.05) is 38.6 Å². The van der Waals surface area contributed by atoms with Gasteiger partial charge in [-0.05, 0) is 35.9 Å². The van der Waals surface area contributed by atoms with Crippen molar-refractivity contribution in [1.82, 2.24) is 4.31 Å². The molecule has 0 radical (unpaired) electrons. The van der Waals surface area contributed by atoms with Crippen LogP contribution >= 0.6 is 0 Å². The van der Waals surface area contributed by atoms with E-state index in [0.29, 0.717) is 43.2 Å². The molecule has 1 fully saturated rings. The fraction of sp³-hybridized carbons (Fsp3) is 0.350. The van der Waals surface area contributed by atoms with Gasteiger partial charge in [0.2, 0.25) is 10.0 Å². The summed E-state index contributed by atoms with van der Waals surface area (Å²) in [6.45, 7) is 2.16. The maximum atomic E-state index is 13.1. The molecule has 156 valence electrons. The number of aliphatic hydroxyl groups excluding tert-OH is 1. The summed E-state index contributed by atoms with van der Waals surface area (Å²) in [6, 6.07) is 11.5. The molecule has 29 heavy (non-hydrogen) atoms. The van der Waals surface area contributed by atoms with Gasteiger partial charge in [0.15, 0.2) is 0 Å². The van der Waals surface area contributed by atoms with Crippen molar-refractivity contribution in [2.45, 2.75) is 11.5 Å². The molecule has 0 aliphatic carbocycles. The second-order valence-electron chi connectivity index (χ2n) is 6.88. The van der Waals surface area contributed by atoms with Crippen molar-refractivity contribution in [1.29, 1.82) is 0 Å². The number of carbonyl (C=O) groups excluding carboxylic acids is 1. The smallest absolute Gasteiger partial charge is 0.257 e. The number of anilines is 2. The Balaban J connectivity index is 2.01. The Morgan fingerprint density at radius 1 is 1.17 bits per heavy atom. The lowest BCUT2D eigenvalue weighted by molar-refractivity contribution is 0.102. The maximum Gasteiger partial charge on any atom is 0.257 e. The second-order valence-corrected chi connectivity index (χ2v) is 9.03. The summed E-state index contributed by atoms with van der Waals surface area (Å²) in [7, 11) is -0.787. The Morgan fingerprint density at radius 3 is 2.55 bits per heavy atom. The molecular weight excluding hydrogens is 394 g/mol. The summed E-state index contributed by atoms with van der Waals surface area (Å²) in [5.74, 6) is -0.419. The van der Waals surface area contributed by atoms with Gasteiger partial charge in [0.1, 0.15) is 0 Å². The van der Waals surface area contributed by atoms with Gasteiger partial charge >= 0.3 is 0 Å². The molecular formula is C20H25N3O5S. The molecule has 1 aliphatic heterocycles. The van der Waals surface area contributed by atoms with Gasteiger partial charge in [-0.25, -0.2) is 12.7 Å². The fourth-order valence-corrected chi connectivity index (χ4v) is 4.02. The number of ether oxygens (including phenoxy) is 1. The standard InChI is InChI=1S/C20H25N3O5S/c1-22(2)29(26,27)17-6-7-19(23-8-10-28-11-9-23)18(13-17)20(25)21-16-5-3-4-15(12-16)14-24/h3-7,12-13,24H,8-11,14H2,1-2H3,(H,21,25). The molecule has 3 rings (SSSR count). The summed E-state index contributed by atoms with van der Waals surface area (Å²) in [5, 5.41) is 12.1. The lowest BCUT2D eigenvalue weighted by Crippen LogP contribution is -2.37. The molecule has 0 bridgehead atoms. The number of hydrogen-bond donors (Lipinski definition) is 2. The minimum Gasteiger partial charge on any atom is -0.392 e. The van der Waals surface area contributed by atoms with E-state index in [4.69, 9.17) is 4.74 Å². The molecule has 0 atom stereocenters. The lowest BCUT2D eigenvalue weighted by Gasteiger charge is -2.30. The van der Waals surface area contributed by atoms with E-state index in [1.54, 1.807) is 30.3 Å². The van der Waals surface area contributed by atoms with Gasteiger partial charge in [0.05, 0.1) is 30.3 Å². The van der Waals surface area contributed by atoms with Gasteiger partial charge in [-0.2, -0.15) is 0 Å². The summed E-state index contributed by atoms with van der Waals surface area (Å²) >= 11 is 0. The van der Waals surface area contributed by atoms with Crippen LogP contribution in [0.5, 0.6) is 0 Å². The van der Waals surface area contributed by atoms with E-state index in [9.17, 15) is 18.3 Å². The fourth-order valence-electron chi connectivity index (χ4n) is 3.09. The monoisotopic (exact) mass is 419 g/mol. The predicted molar refractivity (Wildman–Crippen MR) is 111 cm³/mol. The average molecular weight is 420 g/mol. The zero-order chi connectivity index (χ0) is 21.0. The zero-order valence-electron chi connectivity index (χ0n) is 16.5. The van der Waals surface area contributed by atoms with Crippen LogP contribution in [0.3, 0.4) is 0 Å². The molecule has 2 aromatic rings. The SMILES string of the molecule is CN(C)S(=O)(=O)c1ccc(N2CCOCC2)c(C(=O)Nc2cccc(CO)c2)c1. The van der Waals surface area contributed by atoms with Crippen LogP contribution in [0.4, 0.5) is 11.4 Å². The number of benzene rings is 2. The van der Waals surface area contributed by atoms with E-state index in [2.05, 4.69) is 5.32 Å². The molecule has 0 unspecified atom stereocenters. The first-order chi connectivity index (χ1) is 13.8. The molecule has 1 heterocycles. The summed E-state index contributed by atoms with van der Waals surface area (Å²) in [6.07, 6.45) is 0. The first kappa shape index (κ1) is 21.3. The number of hydrogen-bond acceptors (Lipinski definition) is 6. The Kier molecular flexibility index (Phi) is 6.53. The van der Waals surface area contributed by atoms with E-state index < -0.39 is 15.9 Å². The number of rotatable bonds is 6. The van der Waals surface area contributed by atoms with E-state index in [-0.39, 0.29) is 17.1 Å². The first-order valence-corrected chi connectivity index (χ1v) is 10.7. The van der Waals surface area contributed by atoms with Crippen LogP contribution in [-0.4, -0.2) is 64.1 Å². The number of morpholine rings is 1. The molecule has 1 aliphatic rings. The number of nitrogens with one attached hydrogen (secondary N) is 1. The van der Waals surface area contributed by atoms with Crippen LogP contribution in [-0.2, 0) is 21.4 Å². The highest BCUT2D eigenvalue weighted by Crippen LogP contribution is 2.27. The number of nitrogens with zero attached hydrogens (tertiary/aromatic N) is 2.